The van der Waals surface area contributed by atoms with Gasteiger partial charge in [0.25, 0.3) is 5.91 Å². The molecule has 0 aliphatic rings. The number of amides is 1. The summed E-state index contributed by atoms with van der Waals surface area (Å²) in [6.07, 6.45) is 0.955. The summed E-state index contributed by atoms with van der Waals surface area (Å²) in [7, 11) is 0. The van der Waals surface area contributed by atoms with Crippen LogP contribution in [0.3, 0.4) is 0 Å². The molecule has 1 amide bonds. The van der Waals surface area contributed by atoms with Crippen molar-refractivity contribution in [3.05, 3.63) is 59.7 Å². The minimum atomic E-state index is -0.122. The SMILES string of the molecule is CCCOc1cccc(NC(=O)c2ccc(CBr)cc2)c1. The lowest BCUT2D eigenvalue weighted by Gasteiger charge is -2.09. The zero-order valence-corrected chi connectivity index (χ0v) is 13.5. The number of rotatable bonds is 6. The number of nitrogens with one attached hydrogen (secondary N) is 1. The van der Waals surface area contributed by atoms with Gasteiger partial charge < -0.3 is 10.1 Å². The van der Waals surface area contributed by atoms with Crippen LogP contribution in [0.15, 0.2) is 48.5 Å². The molecule has 0 saturated heterocycles. The number of alkyl halides is 1. The molecule has 0 heterocycles. The predicted octanol–water partition coefficient (Wildman–Crippen LogP) is 4.62. The Hall–Kier alpha value is -1.81. The van der Waals surface area contributed by atoms with Crippen molar-refractivity contribution in [2.24, 2.45) is 0 Å². The number of hydrogen-bond acceptors (Lipinski definition) is 2. The maximum Gasteiger partial charge on any atom is 0.255 e. The van der Waals surface area contributed by atoms with Crippen molar-refractivity contribution in [1.82, 2.24) is 0 Å². The van der Waals surface area contributed by atoms with E-state index in [1.807, 2.05) is 48.5 Å². The summed E-state index contributed by atoms with van der Waals surface area (Å²) < 4.78 is 5.56. The number of carbonyl (C=O) groups is 1. The Morgan fingerprint density at radius 1 is 1.19 bits per heavy atom. The van der Waals surface area contributed by atoms with Gasteiger partial charge in [-0.25, -0.2) is 0 Å². The second kappa shape index (κ2) is 7.84. The van der Waals surface area contributed by atoms with Crippen LogP contribution in [0.1, 0.15) is 29.3 Å². The fourth-order valence-corrected chi connectivity index (χ4v) is 2.21. The van der Waals surface area contributed by atoms with E-state index in [-0.39, 0.29) is 5.91 Å². The maximum atomic E-state index is 12.2. The van der Waals surface area contributed by atoms with Crippen molar-refractivity contribution < 1.29 is 9.53 Å². The van der Waals surface area contributed by atoms with Gasteiger partial charge in [0.2, 0.25) is 0 Å². The average molecular weight is 348 g/mol. The van der Waals surface area contributed by atoms with Crippen LogP contribution in [0.2, 0.25) is 0 Å². The van der Waals surface area contributed by atoms with Crippen LogP contribution in [-0.2, 0) is 5.33 Å². The predicted molar refractivity (Wildman–Crippen MR) is 89.3 cm³/mol. The van der Waals surface area contributed by atoms with Gasteiger partial charge in [0.1, 0.15) is 5.75 Å². The minimum Gasteiger partial charge on any atom is -0.494 e. The third-order valence-electron chi connectivity index (χ3n) is 2.94. The molecule has 0 unspecified atom stereocenters. The Morgan fingerprint density at radius 3 is 2.62 bits per heavy atom. The molecular formula is C17H18BrNO2. The van der Waals surface area contributed by atoms with Gasteiger partial charge in [0, 0.05) is 22.6 Å². The lowest BCUT2D eigenvalue weighted by molar-refractivity contribution is 0.102. The van der Waals surface area contributed by atoms with Crippen molar-refractivity contribution >= 4 is 27.5 Å². The van der Waals surface area contributed by atoms with Gasteiger partial charge in [0.05, 0.1) is 6.61 Å². The highest BCUT2D eigenvalue weighted by atomic mass is 79.9. The molecule has 2 aromatic rings. The standard InChI is InChI=1S/C17H18BrNO2/c1-2-10-21-16-5-3-4-15(11-16)19-17(20)14-8-6-13(12-18)7-9-14/h3-9,11H,2,10,12H2,1H3,(H,19,20). The molecule has 2 rings (SSSR count). The third-order valence-corrected chi connectivity index (χ3v) is 3.58. The summed E-state index contributed by atoms with van der Waals surface area (Å²) >= 11 is 3.39. The van der Waals surface area contributed by atoms with Crippen LogP contribution in [0.5, 0.6) is 5.75 Å². The minimum absolute atomic E-state index is 0.122. The van der Waals surface area contributed by atoms with E-state index in [2.05, 4.69) is 28.2 Å². The fraction of sp³-hybridized carbons (Fsp3) is 0.235. The highest BCUT2D eigenvalue weighted by Crippen LogP contribution is 2.18. The molecule has 0 atom stereocenters. The molecule has 0 fully saturated rings. The molecule has 0 radical (unpaired) electrons. The zero-order chi connectivity index (χ0) is 15.1. The molecule has 3 nitrogen and oxygen atoms in total. The fourth-order valence-electron chi connectivity index (χ4n) is 1.83. The van der Waals surface area contributed by atoms with Crippen molar-refractivity contribution in [1.29, 1.82) is 0 Å². The summed E-state index contributed by atoms with van der Waals surface area (Å²) in [5.41, 5.74) is 2.51. The van der Waals surface area contributed by atoms with Crippen LogP contribution in [-0.4, -0.2) is 12.5 Å². The zero-order valence-electron chi connectivity index (χ0n) is 11.9. The molecular weight excluding hydrogens is 330 g/mol. The van der Waals surface area contributed by atoms with E-state index in [0.29, 0.717) is 12.2 Å². The van der Waals surface area contributed by atoms with Crippen LogP contribution in [0, 0.1) is 0 Å². The van der Waals surface area contributed by atoms with E-state index >= 15 is 0 Å². The Balaban J connectivity index is 2.04. The first kappa shape index (κ1) is 15.6. The molecule has 0 aliphatic heterocycles. The summed E-state index contributed by atoms with van der Waals surface area (Å²) in [5.74, 6) is 0.646. The first-order valence-electron chi connectivity index (χ1n) is 6.92. The topological polar surface area (TPSA) is 38.3 Å². The average Bonchev–Trinajstić information content (AvgIpc) is 2.53. The van der Waals surface area contributed by atoms with Gasteiger partial charge in [-0.05, 0) is 36.2 Å². The summed E-state index contributed by atoms with van der Waals surface area (Å²) in [6.45, 7) is 2.73. The van der Waals surface area contributed by atoms with Crippen LogP contribution in [0.25, 0.3) is 0 Å². The first-order valence-corrected chi connectivity index (χ1v) is 8.04. The van der Waals surface area contributed by atoms with E-state index in [9.17, 15) is 4.79 Å². The number of anilines is 1. The number of halogens is 1. The second-order valence-corrected chi connectivity index (χ2v) is 5.22. The lowest BCUT2D eigenvalue weighted by atomic mass is 10.1. The van der Waals surface area contributed by atoms with E-state index in [1.54, 1.807) is 0 Å². The highest BCUT2D eigenvalue weighted by molar-refractivity contribution is 9.08. The van der Waals surface area contributed by atoms with Gasteiger partial charge in [-0.1, -0.05) is 41.1 Å². The Kier molecular flexibility index (Phi) is 5.81. The van der Waals surface area contributed by atoms with Crippen molar-refractivity contribution in [2.75, 3.05) is 11.9 Å². The Morgan fingerprint density at radius 2 is 1.95 bits per heavy atom. The molecule has 4 heteroatoms. The molecule has 21 heavy (non-hydrogen) atoms. The van der Waals surface area contributed by atoms with Crippen LogP contribution >= 0.6 is 15.9 Å². The Bertz CT molecular complexity index is 596. The number of benzene rings is 2. The molecule has 1 N–H and O–H groups in total. The normalized spacial score (nSPS) is 10.2. The van der Waals surface area contributed by atoms with Crippen molar-refractivity contribution in [3.63, 3.8) is 0 Å². The number of ether oxygens (including phenoxy) is 1. The second-order valence-electron chi connectivity index (χ2n) is 4.66. The van der Waals surface area contributed by atoms with E-state index < -0.39 is 0 Å². The number of carbonyl (C=O) groups excluding carboxylic acids is 1. The summed E-state index contributed by atoms with van der Waals surface area (Å²) in [5, 5.41) is 3.67. The molecule has 110 valence electrons. The lowest BCUT2D eigenvalue weighted by Crippen LogP contribution is -2.11. The Labute approximate surface area is 133 Å². The first-order chi connectivity index (χ1) is 10.2. The van der Waals surface area contributed by atoms with Gasteiger partial charge in [0.15, 0.2) is 0 Å². The summed E-state index contributed by atoms with van der Waals surface area (Å²) in [6, 6.07) is 15.0. The molecule has 0 aliphatic carbocycles. The van der Waals surface area contributed by atoms with Gasteiger partial charge in [-0.2, -0.15) is 0 Å². The van der Waals surface area contributed by atoms with Gasteiger partial charge >= 0.3 is 0 Å². The molecule has 0 aromatic heterocycles. The smallest absolute Gasteiger partial charge is 0.255 e. The molecule has 0 bridgehead atoms. The van der Waals surface area contributed by atoms with Crippen LogP contribution in [0.4, 0.5) is 5.69 Å². The maximum absolute atomic E-state index is 12.2. The third kappa shape index (κ3) is 4.60. The van der Waals surface area contributed by atoms with Crippen LogP contribution < -0.4 is 10.1 Å². The number of hydrogen-bond donors (Lipinski definition) is 1. The quantitative estimate of drug-likeness (QED) is 0.774. The van der Waals surface area contributed by atoms with Gasteiger partial charge in [-0.15, -0.1) is 0 Å². The van der Waals surface area contributed by atoms with E-state index in [0.717, 1.165) is 28.8 Å². The summed E-state index contributed by atoms with van der Waals surface area (Å²) in [4.78, 5) is 12.2. The highest BCUT2D eigenvalue weighted by Gasteiger charge is 2.06. The van der Waals surface area contributed by atoms with E-state index in [4.69, 9.17) is 4.74 Å². The molecule has 2 aromatic carbocycles. The molecule has 0 spiro atoms. The van der Waals surface area contributed by atoms with Crippen molar-refractivity contribution in [3.8, 4) is 5.75 Å². The monoisotopic (exact) mass is 347 g/mol. The largest absolute Gasteiger partial charge is 0.494 e. The van der Waals surface area contributed by atoms with Crippen molar-refractivity contribution in [2.45, 2.75) is 18.7 Å². The van der Waals surface area contributed by atoms with Gasteiger partial charge in [-0.3, -0.25) is 4.79 Å². The molecule has 0 saturated carbocycles. The van der Waals surface area contributed by atoms with E-state index in [1.165, 1.54) is 0 Å².